The van der Waals surface area contributed by atoms with Crippen molar-refractivity contribution in [1.82, 2.24) is 0 Å². The fourth-order valence-corrected chi connectivity index (χ4v) is 5.63. The average Bonchev–Trinajstić information content (AvgIpc) is 2.81. The van der Waals surface area contributed by atoms with E-state index < -0.39 is 10.8 Å². The average molecular weight is 257 g/mol. The van der Waals surface area contributed by atoms with Crippen molar-refractivity contribution in [2.75, 3.05) is 0 Å². The Labute approximate surface area is 108 Å². The van der Waals surface area contributed by atoms with Crippen molar-refractivity contribution in [3.63, 3.8) is 0 Å². The van der Waals surface area contributed by atoms with Crippen molar-refractivity contribution in [2.24, 2.45) is 17.6 Å². The molecule has 0 aliphatic heterocycles. The first-order valence-corrected chi connectivity index (χ1v) is 8.52. The predicted octanol–water partition coefficient (Wildman–Crippen LogP) is 2.83. The molecule has 2 nitrogen and oxygen atoms in total. The van der Waals surface area contributed by atoms with Gasteiger partial charge in [0, 0.05) is 22.1 Å². The molecule has 0 heterocycles. The van der Waals surface area contributed by atoms with Gasteiger partial charge in [0.15, 0.2) is 0 Å². The van der Waals surface area contributed by atoms with Crippen LogP contribution in [0.25, 0.3) is 0 Å². The molecule has 0 spiro atoms. The summed E-state index contributed by atoms with van der Waals surface area (Å²) in [6.07, 6.45) is 8.29. The van der Waals surface area contributed by atoms with E-state index in [4.69, 9.17) is 5.73 Å². The highest BCUT2D eigenvalue weighted by Crippen LogP contribution is 2.35. The van der Waals surface area contributed by atoms with Crippen molar-refractivity contribution in [3.05, 3.63) is 0 Å². The molecule has 4 atom stereocenters. The molecule has 2 saturated carbocycles. The molecule has 0 aromatic carbocycles. The summed E-state index contributed by atoms with van der Waals surface area (Å²) in [6.45, 7) is 4.58. The highest BCUT2D eigenvalue weighted by Gasteiger charge is 2.36. The van der Waals surface area contributed by atoms with E-state index in [9.17, 15) is 4.21 Å². The summed E-state index contributed by atoms with van der Waals surface area (Å²) in [6, 6.07) is 0.187. The lowest BCUT2D eigenvalue weighted by Gasteiger charge is -2.36. The quantitative estimate of drug-likeness (QED) is 0.845. The number of hydrogen-bond donors (Lipinski definition) is 1. The molecule has 17 heavy (non-hydrogen) atoms. The first-order valence-electron chi connectivity index (χ1n) is 7.24. The summed E-state index contributed by atoms with van der Waals surface area (Å²) in [5.74, 6) is 1.45. The second kappa shape index (κ2) is 5.83. The van der Waals surface area contributed by atoms with E-state index in [2.05, 4.69) is 13.8 Å². The normalized spacial score (nSPS) is 37.5. The molecular weight excluding hydrogens is 230 g/mol. The minimum atomic E-state index is -0.674. The van der Waals surface area contributed by atoms with Gasteiger partial charge in [-0.2, -0.15) is 0 Å². The molecule has 2 aliphatic rings. The topological polar surface area (TPSA) is 43.1 Å². The Morgan fingerprint density at radius 1 is 1.12 bits per heavy atom. The van der Waals surface area contributed by atoms with Gasteiger partial charge in [-0.05, 0) is 43.9 Å². The highest BCUT2D eigenvalue weighted by atomic mass is 32.2. The van der Waals surface area contributed by atoms with Crippen LogP contribution in [0.4, 0.5) is 0 Å². The maximum atomic E-state index is 12.6. The van der Waals surface area contributed by atoms with E-state index in [1.165, 1.54) is 32.1 Å². The standard InChI is InChI=1S/C14H27NOS/c1-10(2)11-7-8-13(15)14(9-11)17(16)12-5-3-4-6-12/h10-14H,3-9,15H2,1-2H3. The molecule has 4 unspecified atom stereocenters. The van der Waals surface area contributed by atoms with E-state index >= 15 is 0 Å². The molecule has 0 aromatic heterocycles. The van der Waals surface area contributed by atoms with E-state index in [1.54, 1.807) is 0 Å². The SMILES string of the molecule is CC(C)C1CCC(N)C(S(=O)C2CCCC2)C1. The number of hydrogen-bond acceptors (Lipinski definition) is 2. The Kier molecular flexibility index (Phi) is 4.65. The Morgan fingerprint density at radius 2 is 1.76 bits per heavy atom. The van der Waals surface area contributed by atoms with Gasteiger partial charge in [0.25, 0.3) is 0 Å². The zero-order valence-corrected chi connectivity index (χ0v) is 12.0. The van der Waals surface area contributed by atoms with Crippen molar-refractivity contribution < 1.29 is 4.21 Å². The smallest absolute Gasteiger partial charge is 0.0504 e. The van der Waals surface area contributed by atoms with Gasteiger partial charge in [-0.3, -0.25) is 4.21 Å². The minimum absolute atomic E-state index is 0.187. The molecule has 0 amide bonds. The van der Waals surface area contributed by atoms with Gasteiger partial charge in [-0.1, -0.05) is 26.7 Å². The van der Waals surface area contributed by atoms with Crippen LogP contribution in [0.3, 0.4) is 0 Å². The van der Waals surface area contributed by atoms with Gasteiger partial charge >= 0.3 is 0 Å². The van der Waals surface area contributed by atoms with E-state index in [1.807, 2.05) is 0 Å². The number of rotatable bonds is 3. The molecule has 2 aliphatic carbocycles. The molecule has 2 rings (SSSR count). The maximum Gasteiger partial charge on any atom is 0.0504 e. The molecule has 2 N–H and O–H groups in total. The molecule has 0 aromatic rings. The molecule has 2 fully saturated rings. The first-order chi connectivity index (χ1) is 8.09. The van der Waals surface area contributed by atoms with Gasteiger partial charge in [-0.15, -0.1) is 0 Å². The third-order valence-corrected chi connectivity index (χ3v) is 7.02. The van der Waals surface area contributed by atoms with Crippen LogP contribution in [0, 0.1) is 11.8 Å². The third kappa shape index (κ3) is 3.11. The lowest BCUT2D eigenvalue weighted by molar-refractivity contribution is 0.263. The number of nitrogens with two attached hydrogens (primary N) is 1. The Hall–Kier alpha value is 0.110. The largest absolute Gasteiger partial charge is 0.327 e. The van der Waals surface area contributed by atoms with Crippen LogP contribution in [0.2, 0.25) is 0 Å². The summed E-state index contributed by atoms with van der Waals surface area (Å²) in [5, 5.41) is 0.733. The lowest BCUT2D eigenvalue weighted by Crippen LogP contribution is -2.45. The van der Waals surface area contributed by atoms with E-state index in [0.29, 0.717) is 11.2 Å². The summed E-state index contributed by atoms with van der Waals surface area (Å²) in [5.41, 5.74) is 6.22. The molecule has 100 valence electrons. The van der Waals surface area contributed by atoms with Crippen LogP contribution in [-0.4, -0.2) is 20.8 Å². The third-order valence-electron chi connectivity index (χ3n) is 4.76. The first kappa shape index (κ1) is 13.5. The van der Waals surface area contributed by atoms with Crippen LogP contribution in [-0.2, 0) is 10.8 Å². The molecule has 3 heteroatoms. The lowest BCUT2D eigenvalue weighted by atomic mass is 9.79. The van der Waals surface area contributed by atoms with Gasteiger partial charge in [0.1, 0.15) is 0 Å². The van der Waals surface area contributed by atoms with Crippen LogP contribution in [0.5, 0.6) is 0 Å². The van der Waals surface area contributed by atoms with E-state index in [0.717, 1.165) is 18.8 Å². The van der Waals surface area contributed by atoms with Crippen molar-refractivity contribution in [2.45, 2.75) is 75.3 Å². The summed E-state index contributed by atoms with van der Waals surface area (Å²) in [7, 11) is -0.674. The molecule has 0 bridgehead atoms. The zero-order valence-electron chi connectivity index (χ0n) is 11.2. The van der Waals surface area contributed by atoms with Gasteiger partial charge in [0.2, 0.25) is 0 Å². The molecule has 0 saturated heterocycles. The van der Waals surface area contributed by atoms with Crippen molar-refractivity contribution >= 4 is 10.8 Å². The monoisotopic (exact) mass is 257 g/mol. The molecular formula is C14H27NOS. The zero-order chi connectivity index (χ0) is 12.4. The van der Waals surface area contributed by atoms with Crippen molar-refractivity contribution in [3.8, 4) is 0 Å². The second-order valence-electron chi connectivity index (χ2n) is 6.25. The second-order valence-corrected chi connectivity index (χ2v) is 8.18. The Morgan fingerprint density at radius 3 is 2.35 bits per heavy atom. The van der Waals surface area contributed by atoms with Gasteiger partial charge < -0.3 is 5.73 Å². The van der Waals surface area contributed by atoms with Crippen LogP contribution >= 0.6 is 0 Å². The minimum Gasteiger partial charge on any atom is -0.327 e. The predicted molar refractivity (Wildman–Crippen MR) is 74.3 cm³/mol. The van der Waals surface area contributed by atoms with Gasteiger partial charge in [-0.25, -0.2) is 0 Å². The van der Waals surface area contributed by atoms with Crippen LogP contribution in [0.15, 0.2) is 0 Å². The van der Waals surface area contributed by atoms with Gasteiger partial charge in [0.05, 0.1) is 5.25 Å². The summed E-state index contributed by atoms with van der Waals surface area (Å²) in [4.78, 5) is 0. The molecule has 0 radical (unpaired) electrons. The fourth-order valence-electron chi connectivity index (χ4n) is 3.42. The maximum absolute atomic E-state index is 12.6. The summed E-state index contributed by atoms with van der Waals surface area (Å²) >= 11 is 0. The van der Waals surface area contributed by atoms with Crippen LogP contribution < -0.4 is 5.73 Å². The Balaban J connectivity index is 1.99. The van der Waals surface area contributed by atoms with E-state index in [-0.39, 0.29) is 11.3 Å². The fraction of sp³-hybridized carbons (Fsp3) is 1.00. The van der Waals surface area contributed by atoms with Crippen molar-refractivity contribution in [1.29, 1.82) is 0 Å². The summed E-state index contributed by atoms with van der Waals surface area (Å²) < 4.78 is 12.6. The van der Waals surface area contributed by atoms with Crippen LogP contribution in [0.1, 0.15) is 58.8 Å². The Bertz CT molecular complexity index is 273. The highest BCUT2D eigenvalue weighted by molar-refractivity contribution is 7.86.